The van der Waals surface area contributed by atoms with Crippen LogP contribution in [0.5, 0.6) is 0 Å². The molecule has 1 aromatic carbocycles. The van der Waals surface area contributed by atoms with Gasteiger partial charge in [0.2, 0.25) is 0 Å². The maximum Gasteiger partial charge on any atom is 0.161 e. The maximum absolute atomic E-state index is 6.09. The van der Waals surface area contributed by atoms with Gasteiger partial charge in [-0.05, 0) is 11.5 Å². The van der Waals surface area contributed by atoms with Crippen molar-refractivity contribution >= 4 is 45.0 Å². The normalized spacial score (nSPS) is 11.1. The molecule has 0 atom stereocenters. The van der Waals surface area contributed by atoms with Crippen molar-refractivity contribution in [3.63, 3.8) is 0 Å². The minimum atomic E-state index is 0.470. The number of hydrogen-bond acceptors (Lipinski definition) is 2. The van der Waals surface area contributed by atoms with Gasteiger partial charge in [-0.15, -0.1) is 0 Å². The average Bonchev–Trinajstić information content (AvgIpc) is 2.31. The highest BCUT2D eigenvalue weighted by atomic mass is 35.5. The van der Waals surface area contributed by atoms with E-state index < -0.39 is 0 Å². The van der Waals surface area contributed by atoms with Crippen LogP contribution in [0.4, 0.5) is 0 Å². The molecule has 2 aromatic heterocycles. The fourth-order valence-corrected chi connectivity index (χ4v) is 2.17. The minimum Gasteiger partial charge on any atom is -0.235 e. The summed E-state index contributed by atoms with van der Waals surface area (Å²) in [5, 5.41) is 3.93. The van der Waals surface area contributed by atoms with Crippen LogP contribution in [0.3, 0.4) is 0 Å². The largest absolute Gasteiger partial charge is 0.235 e. The van der Waals surface area contributed by atoms with Crippen molar-refractivity contribution in [3.8, 4) is 0 Å². The van der Waals surface area contributed by atoms with E-state index in [-0.39, 0.29) is 0 Å². The zero-order chi connectivity index (χ0) is 11.1. The molecule has 0 aliphatic heterocycles. The highest BCUT2D eigenvalue weighted by Gasteiger charge is 2.07. The first-order valence-electron chi connectivity index (χ1n) is 4.75. The molecule has 3 aromatic rings. The molecule has 16 heavy (non-hydrogen) atoms. The number of pyridine rings is 2. The van der Waals surface area contributed by atoms with Gasteiger partial charge in [0.15, 0.2) is 5.65 Å². The van der Waals surface area contributed by atoms with Crippen molar-refractivity contribution in [2.45, 2.75) is 0 Å². The summed E-state index contributed by atoms with van der Waals surface area (Å²) in [7, 11) is 0. The maximum atomic E-state index is 6.09. The lowest BCUT2D eigenvalue weighted by Gasteiger charge is -2.04. The molecule has 0 fully saturated rings. The molecule has 0 aliphatic carbocycles. The molecular formula is C12H6Cl2N2. The molecule has 0 saturated heterocycles. The Labute approximate surface area is 102 Å². The Morgan fingerprint density at radius 3 is 2.50 bits per heavy atom. The number of aromatic nitrogens is 2. The van der Waals surface area contributed by atoms with E-state index in [0.717, 1.165) is 16.2 Å². The fourth-order valence-electron chi connectivity index (χ4n) is 1.77. The van der Waals surface area contributed by atoms with E-state index in [1.807, 2.05) is 30.3 Å². The average molecular weight is 249 g/mol. The first kappa shape index (κ1) is 9.82. The molecule has 2 nitrogen and oxygen atoms in total. The zero-order valence-electron chi connectivity index (χ0n) is 8.11. The van der Waals surface area contributed by atoms with Crippen LogP contribution in [0.15, 0.2) is 36.5 Å². The van der Waals surface area contributed by atoms with Crippen LogP contribution < -0.4 is 0 Å². The third-order valence-electron chi connectivity index (χ3n) is 2.48. The predicted octanol–water partition coefficient (Wildman–Crippen LogP) is 4.09. The number of hydrogen-bond donors (Lipinski definition) is 0. The lowest BCUT2D eigenvalue weighted by atomic mass is 10.1. The van der Waals surface area contributed by atoms with Crippen molar-refractivity contribution in [1.82, 2.24) is 9.97 Å². The number of benzene rings is 1. The summed E-state index contributed by atoms with van der Waals surface area (Å²) >= 11 is 12.0. The molecule has 0 radical (unpaired) electrons. The Morgan fingerprint density at radius 1 is 0.938 bits per heavy atom. The Bertz CT molecular complexity index is 695. The molecule has 2 heterocycles. The topological polar surface area (TPSA) is 25.8 Å². The van der Waals surface area contributed by atoms with E-state index in [1.54, 1.807) is 6.20 Å². The van der Waals surface area contributed by atoms with Crippen molar-refractivity contribution < 1.29 is 0 Å². The van der Waals surface area contributed by atoms with Gasteiger partial charge < -0.3 is 0 Å². The summed E-state index contributed by atoms with van der Waals surface area (Å²) in [5.41, 5.74) is 0.619. The molecule has 0 aliphatic rings. The Hall–Kier alpha value is -1.38. The first-order chi connectivity index (χ1) is 7.75. The summed E-state index contributed by atoms with van der Waals surface area (Å²) in [6, 6.07) is 9.67. The van der Waals surface area contributed by atoms with Gasteiger partial charge in [-0.25, -0.2) is 9.97 Å². The lowest BCUT2D eigenvalue weighted by Crippen LogP contribution is -1.87. The predicted molar refractivity (Wildman–Crippen MR) is 67.1 cm³/mol. The Morgan fingerprint density at radius 2 is 1.69 bits per heavy atom. The third kappa shape index (κ3) is 1.42. The van der Waals surface area contributed by atoms with Crippen LogP contribution in [-0.2, 0) is 0 Å². The SMILES string of the molecule is Clc1cnc2nc(Cl)c3ccccc3c2c1. The van der Waals surface area contributed by atoms with Crippen LogP contribution in [0.2, 0.25) is 10.2 Å². The van der Waals surface area contributed by atoms with E-state index in [0.29, 0.717) is 15.8 Å². The summed E-state index contributed by atoms with van der Waals surface area (Å²) in [4.78, 5) is 8.40. The second kappa shape index (κ2) is 3.58. The van der Waals surface area contributed by atoms with Gasteiger partial charge in [0.05, 0.1) is 5.02 Å². The highest BCUT2D eigenvalue weighted by Crippen LogP contribution is 2.29. The standard InChI is InChI=1S/C12H6Cl2N2/c13-7-5-10-8-3-1-2-4-9(8)11(14)16-12(10)15-6-7/h1-6H. The van der Waals surface area contributed by atoms with Crippen molar-refractivity contribution in [2.75, 3.05) is 0 Å². The molecule has 0 bridgehead atoms. The summed E-state index contributed by atoms with van der Waals surface area (Å²) in [5.74, 6) is 0. The molecule has 0 N–H and O–H groups in total. The van der Waals surface area contributed by atoms with Crippen LogP contribution >= 0.6 is 23.2 Å². The van der Waals surface area contributed by atoms with Crippen LogP contribution in [0, 0.1) is 0 Å². The highest BCUT2D eigenvalue weighted by molar-refractivity contribution is 6.36. The van der Waals surface area contributed by atoms with Gasteiger partial charge in [0.25, 0.3) is 0 Å². The molecule has 78 valence electrons. The number of halogens is 2. The van der Waals surface area contributed by atoms with E-state index in [9.17, 15) is 0 Å². The fraction of sp³-hybridized carbons (Fsp3) is 0. The van der Waals surface area contributed by atoms with E-state index in [4.69, 9.17) is 23.2 Å². The number of nitrogens with zero attached hydrogens (tertiary/aromatic N) is 2. The van der Waals surface area contributed by atoms with Crippen LogP contribution in [0.1, 0.15) is 0 Å². The Kier molecular flexibility index (Phi) is 2.20. The molecule has 0 amide bonds. The molecule has 4 heteroatoms. The van der Waals surface area contributed by atoms with Crippen LogP contribution in [-0.4, -0.2) is 9.97 Å². The van der Waals surface area contributed by atoms with Gasteiger partial charge >= 0.3 is 0 Å². The van der Waals surface area contributed by atoms with Gasteiger partial charge in [-0.1, -0.05) is 47.5 Å². The quantitative estimate of drug-likeness (QED) is 0.443. The third-order valence-corrected chi connectivity index (χ3v) is 2.97. The summed E-state index contributed by atoms with van der Waals surface area (Å²) < 4.78 is 0. The van der Waals surface area contributed by atoms with E-state index >= 15 is 0 Å². The van der Waals surface area contributed by atoms with Gasteiger partial charge in [0.1, 0.15) is 5.15 Å². The molecule has 0 spiro atoms. The smallest absolute Gasteiger partial charge is 0.161 e. The number of rotatable bonds is 0. The molecule has 3 rings (SSSR count). The van der Waals surface area contributed by atoms with Crippen LogP contribution in [0.25, 0.3) is 21.8 Å². The van der Waals surface area contributed by atoms with E-state index in [2.05, 4.69) is 9.97 Å². The second-order valence-electron chi connectivity index (χ2n) is 3.47. The van der Waals surface area contributed by atoms with E-state index in [1.165, 1.54) is 0 Å². The van der Waals surface area contributed by atoms with Gasteiger partial charge in [-0.3, -0.25) is 0 Å². The second-order valence-corrected chi connectivity index (χ2v) is 4.27. The summed E-state index contributed by atoms with van der Waals surface area (Å²) in [6.45, 7) is 0. The lowest BCUT2D eigenvalue weighted by molar-refractivity contribution is 1.30. The van der Waals surface area contributed by atoms with Crippen molar-refractivity contribution in [2.24, 2.45) is 0 Å². The van der Waals surface area contributed by atoms with Crippen molar-refractivity contribution in [1.29, 1.82) is 0 Å². The minimum absolute atomic E-state index is 0.470. The monoisotopic (exact) mass is 248 g/mol. The first-order valence-corrected chi connectivity index (χ1v) is 5.51. The van der Waals surface area contributed by atoms with Gasteiger partial charge in [-0.2, -0.15) is 0 Å². The zero-order valence-corrected chi connectivity index (χ0v) is 9.63. The molecule has 0 unspecified atom stereocenters. The Balaban J connectivity index is 2.61. The molecular weight excluding hydrogens is 243 g/mol. The summed E-state index contributed by atoms with van der Waals surface area (Å²) in [6.07, 6.45) is 1.57. The number of fused-ring (bicyclic) bond motifs is 3. The van der Waals surface area contributed by atoms with Gasteiger partial charge in [0, 0.05) is 17.0 Å². The molecule has 0 saturated carbocycles. The van der Waals surface area contributed by atoms with Crippen molar-refractivity contribution in [3.05, 3.63) is 46.7 Å².